The van der Waals surface area contributed by atoms with Crippen molar-refractivity contribution < 1.29 is 14.7 Å². The van der Waals surface area contributed by atoms with Gasteiger partial charge in [0.15, 0.2) is 0 Å². The molecule has 1 atom stereocenters. The Hall–Kier alpha value is -1.88. The van der Waals surface area contributed by atoms with Crippen molar-refractivity contribution in [2.45, 2.75) is 27.2 Å². The van der Waals surface area contributed by atoms with Gasteiger partial charge < -0.3 is 10.4 Å². The molecule has 0 fully saturated rings. The van der Waals surface area contributed by atoms with Crippen LogP contribution >= 0.6 is 11.3 Å². The van der Waals surface area contributed by atoms with Gasteiger partial charge in [-0.05, 0) is 47.9 Å². The third kappa shape index (κ3) is 3.24. The standard InChI is InChI=1S/C16H19NO3S/c1-10(2)16(3,15(19)20)9-14(18)17-12-4-5-13-11(8-12)6-7-21-13/h4-8,10H,9H2,1-3H3,(H,17,18)(H,19,20). The third-order valence-corrected chi connectivity index (χ3v) is 4.92. The van der Waals surface area contributed by atoms with E-state index in [-0.39, 0.29) is 18.2 Å². The quantitative estimate of drug-likeness (QED) is 0.878. The van der Waals surface area contributed by atoms with Gasteiger partial charge in [0.2, 0.25) is 5.91 Å². The summed E-state index contributed by atoms with van der Waals surface area (Å²) in [6.45, 7) is 5.25. The summed E-state index contributed by atoms with van der Waals surface area (Å²) in [4.78, 5) is 23.6. The summed E-state index contributed by atoms with van der Waals surface area (Å²) in [5.41, 5.74) is -0.362. The number of aliphatic carboxylic acids is 1. The Morgan fingerprint density at radius 3 is 2.67 bits per heavy atom. The third-order valence-electron chi connectivity index (χ3n) is 4.03. The van der Waals surface area contributed by atoms with Crippen LogP contribution in [-0.2, 0) is 9.59 Å². The molecule has 1 aromatic carbocycles. The number of hydrogen-bond acceptors (Lipinski definition) is 3. The van der Waals surface area contributed by atoms with E-state index in [0.717, 1.165) is 10.1 Å². The maximum atomic E-state index is 12.1. The van der Waals surface area contributed by atoms with Crippen molar-refractivity contribution in [2.75, 3.05) is 5.32 Å². The summed E-state index contributed by atoms with van der Waals surface area (Å²) in [5, 5.41) is 15.2. The molecule has 0 radical (unpaired) electrons. The van der Waals surface area contributed by atoms with Crippen molar-refractivity contribution in [3.63, 3.8) is 0 Å². The molecule has 1 heterocycles. The maximum absolute atomic E-state index is 12.1. The molecule has 0 aliphatic rings. The van der Waals surface area contributed by atoms with Gasteiger partial charge in [0.1, 0.15) is 0 Å². The lowest BCUT2D eigenvalue weighted by atomic mass is 9.76. The van der Waals surface area contributed by atoms with E-state index in [0.29, 0.717) is 5.69 Å². The highest BCUT2D eigenvalue weighted by Crippen LogP contribution is 2.32. The van der Waals surface area contributed by atoms with Gasteiger partial charge in [-0.1, -0.05) is 13.8 Å². The van der Waals surface area contributed by atoms with Gasteiger partial charge in [-0.25, -0.2) is 0 Å². The van der Waals surface area contributed by atoms with E-state index >= 15 is 0 Å². The van der Waals surface area contributed by atoms with Crippen LogP contribution in [0.3, 0.4) is 0 Å². The average Bonchev–Trinajstić information content (AvgIpc) is 2.85. The molecule has 2 rings (SSSR count). The molecule has 2 aromatic rings. The Morgan fingerprint density at radius 1 is 1.33 bits per heavy atom. The Balaban J connectivity index is 2.12. The molecule has 21 heavy (non-hydrogen) atoms. The number of nitrogens with one attached hydrogen (secondary N) is 1. The van der Waals surface area contributed by atoms with Crippen LogP contribution in [0.2, 0.25) is 0 Å². The summed E-state index contributed by atoms with van der Waals surface area (Å²) in [6, 6.07) is 7.68. The first-order valence-electron chi connectivity index (χ1n) is 6.83. The van der Waals surface area contributed by atoms with Gasteiger partial charge in [-0.2, -0.15) is 0 Å². The molecule has 2 N–H and O–H groups in total. The first-order chi connectivity index (χ1) is 9.83. The van der Waals surface area contributed by atoms with Gasteiger partial charge in [-0.15, -0.1) is 11.3 Å². The number of carbonyl (C=O) groups excluding carboxylic acids is 1. The minimum absolute atomic E-state index is 0.0400. The number of benzene rings is 1. The van der Waals surface area contributed by atoms with Crippen molar-refractivity contribution in [3.05, 3.63) is 29.6 Å². The molecule has 0 aliphatic heterocycles. The van der Waals surface area contributed by atoms with E-state index in [2.05, 4.69) is 5.32 Å². The molecule has 4 nitrogen and oxygen atoms in total. The fourth-order valence-corrected chi connectivity index (χ4v) is 2.88. The van der Waals surface area contributed by atoms with Crippen LogP contribution in [0.25, 0.3) is 10.1 Å². The van der Waals surface area contributed by atoms with Gasteiger partial charge in [0.05, 0.1) is 5.41 Å². The summed E-state index contributed by atoms with van der Waals surface area (Å²) in [7, 11) is 0. The number of carbonyl (C=O) groups is 2. The minimum atomic E-state index is -1.06. The number of fused-ring (bicyclic) bond motifs is 1. The zero-order chi connectivity index (χ0) is 15.6. The molecule has 0 saturated heterocycles. The predicted molar refractivity (Wildman–Crippen MR) is 85.7 cm³/mol. The van der Waals surface area contributed by atoms with Crippen molar-refractivity contribution in [1.82, 2.24) is 0 Å². The van der Waals surface area contributed by atoms with Crippen molar-refractivity contribution >= 4 is 39.0 Å². The van der Waals surface area contributed by atoms with Crippen molar-refractivity contribution in [3.8, 4) is 0 Å². The summed E-state index contributed by atoms with van der Waals surface area (Å²) in [5.74, 6) is -1.34. The number of rotatable bonds is 5. The van der Waals surface area contributed by atoms with E-state index in [1.807, 2.05) is 43.5 Å². The lowest BCUT2D eigenvalue weighted by Gasteiger charge is -2.28. The number of hydrogen-bond donors (Lipinski definition) is 2. The van der Waals surface area contributed by atoms with Gasteiger partial charge in [-0.3, -0.25) is 9.59 Å². The second kappa shape index (κ2) is 5.85. The second-order valence-electron chi connectivity index (χ2n) is 5.78. The van der Waals surface area contributed by atoms with Crippen LogP contribution in [0.5, 0.6) is 0 Å². The number of anilines is 1. The molecular formula is C16H19NO3S. The van der Waals surface area contributed by atoms with Crippen LogP contribution in [0, 0.1) is 11.3 Å². The van der Waals surface area contributed by atoms with E-state index in [4.69, 9.17) is 0 Å². The molecular weight excluding hydrogens is 286 g/mol. The molecule has 1 aromatic heterocycles. The Bertz CT molecular complexity index is 677. The van der Waals surface area contributed by atoms with E-state index in [1.165, 1.54) is 0 Å². The topological polar surface area (TPSA) is 66.4 Å². The van der Waals surface area contributed by atoms with Crippen LogP contribution in [0.15, 0.2) is 29.6 Å². The minimum Gasteiger partial charge on any atom is -0.481 e. The number of carboxylic acid groups (broad SMARTS) is 1. The molecule has 0 bridgehead atoms. The van der Waals surface area contributed by atoms with Gasteiger partial charge in [0, 0.05) is 16.8 Å². The van der Waals surface area contributed by atoms with E-state index in [9.17, 15) is 14.7 Å². The smallest absolute Gasteiger partial charge is 0.310 e. The number of carboxylic acids is 1. The lowest BCUT2D eigenvalue weighted by Crippen LogP contribution is -2.37. The molecule has 0 saturated carbocycles. The van der Waals surface area contributed by atoms with Crippen LogP contribution in [0.4, 0.5) is 5.69 Å². The van der Waals surface area contributed by atoms with Gasteiger partial charge >= 0.3 is 5.97 Å². The highest BCUT2D eigenvalue weighted by atomic mass is 32.1. The average molecular weight is 305 g/mol. The fraction of sp³-hybridized carbons (Fsp3) is 0.375. The Labute approximate surface area is 127 Å². The Kier molecular flexibility index (Phi) is 4.32. The van der Waals surface area contributed by atoms with Crippen molar-refractivity contribution in [2.24, 2.45) is 11.3 Å². The second-order valence-corrected chi connectivity index (χ2v) is 6.72. The summed E-state index contributed by atoms with van der Waals surface area (Å²) >= 11 is 1.64. The summed E-state index contributed by atoms with van der Waals surface area (Å²) in [6.07, 6.45) is -0.0400. The SMILES string of the molecule is CC(C)C(C)(CC(=O)Nc1ccc2sccc2c1)C(=O)O. The van der Waals surface area contributed by atoms with Crippen molar-refractivity contribution in [1.29, 1.82) is 0 Å². The molecule has 0 spiro atoms. The van der Waals surface area contributed by atoms with Crippen LogP contribution < -0.4 is 5.32 Å². The van der Waals surface area contributed by atoms with Crippen LogP contribution in [0.1, 0.15) is 27.2 Å². The largest absolute Gasteiger partial charge is 0.481 e. The predicted octanol–water partition coefficient (Wildman–Crippen LogP) is 3.98. The number of amides is 1. The molecule has 5 heteroatoms. The lowest BCUT2D eigenvalue weighted by molar-refractivity contribution is -0.153. The number of thiophene rings is 1. The molecule has 1 unspecified atom stereocenters. The van der Waals surface area contributed by atoms with E-state index in [1.54, 1.807) is 18.3 Å². The maximum Gasteiger partial charge on any atom is 0.310 e. The Morgan fingerprint density at radius 2 is 2.05 bits per heavy atom. The molecule has 1 amide bonds. The van der Waals surface area contributed by atoms with E-state index < -0.39 is 11.4 Å². The zero-order valence-electron chi connectivity index (χ0n) is 12.3. The normalized spacial score (nSPS) is 14.1. The first kappa shape index (κ1) is 15.5. The monoisotopic (exact) mass is 305 g/mol. The molecule has 112 valence electrons. The van der Waals surface area contributed by atoms with Crippen LogP contribution in [-0.4, -0.2) is 17.0 Å². The highest BCUT2D eigenvalue weighted by Gasteiger charge is 2.38. The first-order valence-corrected chi connectivity index (χ1v) is 7.71. The zero-order valence-corrected chi connectivity index (χ0v) is 13.2. The highest BCUT2D eigenvalue weighted by molar-refractivity contribution is 7.17. The molecule has 0 aliphatic carbocycles. The summed E-state index contributed by atoms with van der Waals surface area (Å²) < 4.78 is 1.16. The van der Waals surface area contributed by atoms with Gasteiger partial charge in [0.25, 0.3) is 0 Å². The fourth-order valence-electron chi connectivity index (χ4n) is 2.11.